The highest BCUT2D eigenvalue weighted by Gasteiger charge is 1.85. The third kappa shape index (κ3) is 3.91. The third-order valence-electron chi connectivity index (χ3n) is 1.28. The monoisotopic (exact) mass is 163 g/mol. The van der Waals surface area contributed by atoms with Crippen LogP contribution in [0.1, 0.15) is 26.3 Å². The highest BCUT2D eigenvalue weighted by atomic mass is 14.7. The molecule has 1 aromatic carbocycles. The molecule has 0 saturated carbocycles. The zero-order valence-electron chi connectivity index (χ0n) is 8.33. The average Bonchev–Trinajstić information content (AvgIpc) is 2.09. The summed E-state index contributed by atoms with van der Waals surface area (Å²) >= 11 is 0. The number of hydrogen-bond acceptors (Lipinski definition) is 1. The predicted octanol–water partition coefficient (Wildman–Crippen LogP) is 3.74. The van der Waals surface area contributed by atoms with Crippen LogP contribution in [0.15, 0.2) is 29.3 Å². The molecular weight excluding hydrogens is 146 g/mol. The molecule has 12 heavy (non-hydrogen) atoms. The molecule has 1 aromatic rings. The van der Waals surface area contributed by atoms with E-state index in [1.165, 1.54) is 5.56 Å². The molecule has 0 spiro atoms. The molecule has 0 aromatic heterocycles. The molecule has 0 N–H and O–H groups in total. The number of hydrogen-bond donors (Lipinski definition) is 0. The minimum Gasteiger partial charge on any atom is -0.262 e. The quantitative estimate of drug-likeness (QED) is 0.559. The Balaban J connectivity index is 0.000000561. The summed E-state index contributed by atoms with van der Waals surface area (Å²) in [6.45, 7) is 7.98. The number of aliphatic imine (C=N–C) groups is 1. The SMILES string of the molecule is CC.CC=Nc1cccc(C)c1. The van der Waals surface area contributed by atoms with E-state index in [0.29, 0.717) is 0 Å². The number of nitrogens with zero attached hydrogens (tertiary/aromatic N) is 1. The summed E-state index contributed by atoms with van der Waals surface area (Å²) < 4.78 is 0. The Bertz CT molecular complexity index is 239. The van der Waals surface area contributed by atoms with Crippen LogP contribution >= 0.6 is 0 Å². The van der Waals surface area contributed by atoms with Crippen LogP contribution in [0.5, 0.6) is 0 Å². The zero-order valence-corrected chi connectivity index (χ0v) is 8.33. The molecule has 0 unspecified atom stereocenters. The fourth-order valence-electron chi connectivity index (χ4n) is 0.857. The van der Waals surface area contributed by atoms with Gasteiger partial charge in [-0.2, -0.15) is 0 Å². The van der Waals surface area contributed by atoms with Crippen molar-refractivity contribution in [2.75, 3.05) is 0 Å². The standard InChI is InChI=1S/C9H11N.C2H6/c1-3-10-9-6-4-5-8(2)7-9;1-2/h3-7H,1-2H3;1-2H3. The number of aryl methyl sites for hydroxylation is 1. The number of rotatable bonds is 1. The van der Waals surface area contributed by atoms with Gasteiger partial charge in [0.25, 0.3) is 0 Å². The lowest BCUT2D eigenvalue weighted by atomic mass is 10.2. The zero-order chi connectivity index (χ0) is 9.40. The second-order valence-corrected chi connectivity index (χ2v) is 2.23. The molecule has 0 aliphatic heterocycles. The van der Waals surface area contributed by atoms with Crippen LogP contribution in [0.3, 0.4) is 0 Å². The summed E-state index contributed by atoms with van der Waals surface area (Å²) in [5, 5.41) is 0. The summed E-state index contributed by atoms with van der Waals surface area (Å²) in [7, 11) is 0. The molecule has 0 aliphatic carbocycles. The van der Waals surface area contributed by atoms with E-state index in [0.717, 1.165) is 5.69 Å². The van der Waals surface area contributed by atoms with Crippen molar-refractivity contribution in [3.8, 4) is 0 Å². The van der Waals surface area contributed by atoms with Gasteiger partial charge in [0.15, 0.2) is 0 Å². The first kappa shape index (κ1) is 10.9. The topological polar surface area (TPSA) is 12.4 Å². The molecule has 0 atom stereocenters. The molecular formula is C11H17N. The van der Waals surface area contributed by atoms with E-state index in [2.05, 4.69) is 24.0 Å². The van der Waals surface area contributed by atoms with Crippen molar-refractivity contribution in [3.63, 3.8) is 0 Å². The van der Waals surface area contributed by atoms with Gasteiger partial charge in [0.05, 0.1) is 5.69 Å². The molecule has 66 valence electrons. The van der Waals surface area contributed by atoms with Crippen molar-refractivity contribution in [1.82, 2.24) is 0 Å². The van der Waals surface area contributed by atoms with E-state index >= 15 is 0 Å². The van der Waals surface area contributed by atoms with Gasteiger partial charge in [-0.25, -0.2) is 0 Å². The Labute approximate surface area is 75.2 Å². The summed E-state index contributed by atoms with van der Waals surface area (Å²) in [5.41, 5.74) is 2.28. The maximum absolute atomic E-state index is 4.14. The van der Waals surface area contributed by atoms with Crippen LogP contribution < -0.4 is 0 Å². The fraction of sp³-hybridized carbons (Fsp3) is 0.364. The summed E-state index contributed by atoms with van der Waals surface area (Å²) in [6.07, 6.45) is 1.80. The van der Waals surface area contributed by atoms with Crippen molar-refractivity contribution >= 4 is 11.9 Å². The lowest BCUT2D eigenvalue weighted by molar-refractivity contribution is 1.43. The van der Waals surface area contributed by atoms with Gasteiger partial charge >= 0.3 is 0 Å². The van der Waals surface area contributed by atoms with E-state index in [-0.39, 0.29) is 0 Å². The first-order chi connectivity index (χ1) is 5.83. The molecule has 0 saturated heterocycles. The highest BCUT2D eigenvalue weighted by Crippen LogP contribution is 2.11. The number of benzene rings is 1. The second-order valence-electron chi connectivity index (χ2n) is 2.23. The van der Waals surface area contributed by atoms with Crippen molar-refractivity contribution in [3.05, 3.63) is 29.8 Å². The largest absolute Gasteiger partial charge is 0.262 e. The Morgan fingerprint density at radius 1 is 1.25 bits per heavy atom. The molecule has 1 rings (SSSR count). The Kier molecular flexibility index (Phi) is 5.98. The molecule has 1 nitrogen and oxygen atoms in total. The molecule has 0 heterocycles. The van der Waals surface area contributed by atoms with Crippen LogP contribution in [0, 0.1) is 6.92 Å². The molecule has 0 fully saturated rings. The van der Waals surface area contributed by atoms with Crippen LogP contribution in [-0.2, 0) is 0 Å². The molecule has 0 bridgehead atoms. The van der Waals surface area contributed by atoms with Crippen molar-refractivity contribution < 1.29 is 0 Å². The van der Waals surface area contributed by atoms with Crippen molar-refractivity contribution in [2.24, 2.45) is 4.99 Å². The minimum atomic E-state index is 1.03. The van der Waals surface area contributed by atoms with E-state index in [4.69, 9.17) is 0 Å². The predicted molar refractivity (Wildman–Crippen MR) is 56.4 cm³/mol. The normalized spacial score (nSPS) is 9.33. The lowest BCUT2D eigenvalue weighted by Gasteiger charge is -1.92. The van der Waals surface area contributed by atoms with E-state index < -0.39 is 0 Å². The van der Waals surface area contributed by atoms with Gasteiger partial charge in [-0.05, 0) is 31.5 Å². The van der Waals surface area contributed by atoms with E-state index in [1.54, 1.807) is 6.21 Å². The van der Waals surface area contributed by atoms with Gasteiger partial charge in [0.2, 0.25) is 0 Å². The first-order valence-corrected chi connectivity index (χ1v) is 4.38. The maximum atomic E-state index is 4.14. The second kappa shape index (κ2) is 6.59. The van der Waals surface area contributed by atoms with Crippen molar-refractivity contribution in [2.45, 2.75) is 27.7 Å². The Morgan fingerprint density at radius 3 is 2.42 bits per heavy atom. The van der Waals surface area contributed by atoms with Gasteiger partial charge in [0.1, 0.15) is 0 Å². The first-order valence-electron chi connectivity index (χ1n) is 4.38. The van der Waals surface area contributed by atoms with Gasteiger partial charge < -0.3 is 0 Å². The molecule has 0 aliphatic rings. The van der Waals surface area contributed by atoms with Crippen LogP contribution in [-0.4, -0.2) is 6.21 Å². The van der Waals surface area contributed by atoms with E-state index in [9.17, 15) is 0 Å². The van der Waals surface area contributed by atoms with Gasteiger partial charge in [0, 0.05) is 6.21 Å². The molecule has 1 heteroatoms. The molecule has 0 radical (unpaired) electrons. The smallest absolute Gasteiger partial charge is 0.0628 e. The van der Waals surface area contributed by atoms with Crippen LogP contribution in [0.4, 0.5) is 5.69 Å². The minimum absolute atomic E-state index is 1.03. The summed E-state index contributed by atoms with van der Waals surface area (Å²) in [4.78, 5) is 4.14. The Hall–Kier alpha value is -1.11. The lowest BCUT2D eigenvalue weighted by Crippen LogP contribution is -1.69. The Morgan fingerprint density at radius 2 is 1.92 bits per heavy atom. The van der Waals surface area contributed by atoms with Crippen LogP contribution in [0.2, 0.25) is 0 Å². The molecule has 0 amide bonds. The highest BCUT2D eigenvalue weighted by molar-refractivity contribution is 5.60. The van der Waals surface area contributed by atoms with Crippen molar-refractivity contribution in [1.29, 1.82) is 0 Å². The van der Waals surface area contributed by atoms with Crippen LogP contribution in [0.25, 0.3) is 0 Å². The third-order valence-corrected chi connectivity index (χ3v) is 1.28. The summed E-state index contributed by atoms with van der Waals surface area (Å²) in [5.74, 6) is 0. The average molecular weight is 163 g/mol. The van der Waals surface area contributed by atoms with Gasteiger partial charge in [-0.1, -0.05) is 26.0 Å². The fourth-order valence-corrected chi connectivity index (χ4v) is 0.857. The van der Waals surface area contributed by atoms with Gasteiger partial charge in [-0.3, -0.25) is 4.99 Å². The van der Waals surface area contributed by atoms with Gasteiger partial charge in [-0.15, -0.1) is 0 Å². The van der Waals surface area contributed by atoms with E-state index in [1.807, 2.05) is 32.9 Å². The maximum Gasteiger partial charge on any atom is 0.0628 e. The summed E-state index contributed by atoms with van der Waals surface area (Å²) in [6, 6.07) is 8.12.